The van der Waals surface area contributed by atoms with Crippen LogP contribution in [0.5, 0.6) is 0 Å². The smallest absolute Gasteiger partial charge is 0.249 e. The molecule has 3 fully saturated rings. The molecule has 0 radical (unpaired) electrons. The molecule has 19 heavy (non-hydrogen) atoms. The fourth-order valence-electron chi connectivity index (χ4n) is 3.64. The first kappa shape index (κ1) is 12.9. The van der Waals surface area contributed by atoms with Crippen LogP contribution < -0.4 is 5.32 Å². The van der Waals surface area contributed by atoms with Crippen molar-refractivity contribution >= 4 is 11.8 Å². The maximum absolute atomic E-state index is 13.0. The highest BCUT2D eigenvalue weighted by Gasteiger charge is 2.58. The van der Waals surface area contributed by atoms with Crippen LogP contribution in [0, 0.1) is 11.8 Å². The first-order chi connectivity index (χ1) is 8.78. The molecule has 0 aromatic carbocycles. The van der Waals surface area contributed by atoms with E-state index in [0.717, 1.165) is 12.8 Å². The predicted octanol–water partition coefficient (Wildman–Crippen LogP) is 1.69. The lowest BCUT2D eigenvalue weighted by Crippen LogP contribution is -2.73. The average Bonchev–Trinajstić information content (AvgIpc) is 3.18. The molecular weight excluding hydrogens is 240 g/mol. The molecule has 3 rings (SSSR count). The Kier molecular flexibility index (Phi) is 2.55. The van der Waals surface area contributed by atoms with Gasteiger partial charge in [0, 0.05) is 5.54 Å². The van der Waals surface area contributed by atoms with Crippen molar-refractivity contribution in [3.05, 3.63) is 0 Å². The van der Waals surface area contributed by atoms with E-state index in [2.05, 4.69) is 19.2 Å². The van der Waals surface area contributed by atoms with Gasteiger partial charge in [0.1, 0.15) is 11.6 Å². The van der Waals surface area contributed by atoms with E-state index < -0.39 is 5.54 Å². The van der Waals surface area contributed by atoms with Gasteiger partial charge < -0.3 is 10.2 Å². The highest BCUT2D eigenvalue weighted by atomic mass is 16.2. The molecule has 0 aromatic rings. The third-order valence-electron chi connectivity index (χ3n) is 5.40. The second-order valence-electron chi connectivity index (χ2n) is 7.24. The molecule has 4 heteroatoms. The number of carbonyl (C=O) groups is 2. The summed E-state index contributed by atoms with van der Waals surface area (Å²) in [6, 6.07) is -0.352. The summed E-state index contributed by atoms with van der Waals surface area (Å²) in [5.41, 5.74) is -0.875. The largest absolute Gasteiger partial charge is 0.340 e. The van der Waals surface area contributed by atoms with Gasteiger partial charge in [0.15, 0.2) is 0 Å². The number of nitrogens with zero attached hydrogens (tertiary/aromatic N) is 1. The van der Waals surface area contributed by atoms with Crippen LogP contribution in [0.2, 0.25) is 0 Å². The Hall–Kier alpha value is -1.06. The van der Waals surface area contributed by atoms with E-state index in [9.17, 15) is 9.59 Å². The Bertz CT molecular complexity index is 437. The van der Waals surface area contributed by atoms with Crippen LogP contribution in [0.3, 0.4) is 0 Å². The van der Waals surface area contributed by atoms with E-state index in [4.69, 9.17) is 0 Å². The number of piperazine rings is 1. The lowest BCUT2D eigenvalue weighted by atomic mass is 9.84. The third-order valence-corrected chi connectivity index (χ3v) is 5.40. The average molecular weight is 264 g/mol. The lowest BCUT2D eigenvalue weighted by Gasteiger charge is -2.51. The Balaban J connectivity index is 1.96. The summed E-state index contributed by atoms with van der Waals surface area (Å²) in [6.45, 7) is 7.99. The van der Waals surface area contributed by atoms with Gasteiger partial charge in [0.25, 0.3) is 0 Å². The minimum atomic E-state index is -0.671. The number of amides is 2. The molecule has 106 valence electrons. The lowest BCUT2D eigenvalue weighted by molar-refractivity contribution is -0.162. The second kappa shape index (κ2) is 3.74. The first-order valence-electron chi connectivity index (χ1n) is 7.44. The molecule has 2 aliphatic carbocycles. The van der Waals surface area contributed by atoms with Crippen molar-refractivity contribution in [3.8, 4) is 0 Å². The monoisotopic (exact) mass is 264 g/mol. The summed E-state index contributed by atoms with van der Waals surface area (Å²) >= 11 is 0. The van der Waals surface area contributed by atoms with Crippen LogP contribution >= 0.6 is 0 Å². The van der Waals surface area contributed by atoms with Gasteiger partial charge in [-0.2, -0.15) is 0 Å². The van der Waals surface area contributed by atoms with E-state index in [1.807, 2.05) is 18.7 Å². The van der Waals surface area contributed by atoms with Gasteiger partial charge in [-0.25, -0.2) is 0 Å². The molecule has 3 aliphatic rings. The summed E-state index contributed by atoms with van der Waals surface area (Å²) in [5, 5.41) is 2.99. The van der Waals surface area contributed by atoms with Gasteiger partial charge in [-0.3, -0.25) is 9.59 Å². The van der Waals surface area contributed by atoms with Crippen LogP contribution in [0.4, 0.5) is 0 Å². The van der Waals surface area contributed by atoms with Crippen LogP contribution in [-0.2, 0) is 9.59 Å². The summed E-state index contributed by atoms with van der Waals surface area (Å²) in [4.78, 5) is 27.1. The second-order valence-corrected chi connectivity index (χ2v) is 7.24. The van der Waals surface area contributed by atoms with Gasteiger partial charge in [0.2, 0.25) is 11.8 Å². The summed E-state index contributed by atoms with van der Waals surface area (Å²) in [7, 11) is 0. The van der Waals surface area contributed by atoms with Gasteiger partial charge in [0.05, 0.1) is 0 Å². The summed E-state index contributed by atoms with van der Waals surface area (Å²) in [6.07, 6.45) is 4.44. The molecular formula is C15H24N2O2. The van der Waals surface area contributed by atoms with Crippen molar-refractivity contribution in [1.29, 1.82) is 0 Å². The van der Waals surface area contributed by atoms with E-state index in [-0.39, 0.29) is 23.4 Å². The zero-order valence-corrected chi connectivity index (χ0v) is 12.3. The molecule has 0 spiro atoms. The highest BCUT2D eigenvalue weighted by molar-refractivity contribution is 6.00. The minimum absolute atomic E-state index is 0.00252. The zero-order chi connectivity index (χ0) is 14.0. The molecule has 1 saturated heterocycles. The van der Waals surface area contributed by atoms with Gasteiger partial charge in [-0.1, -0.05) is 0 Å². The van der Waals surface area contributed by atoms with Crippen LogP contribution in [0.25, 0.3) is 0 Å². The van der Waals surface area contributed by atoms with E-state index in [1.165, 1.54) is 12.8 Å². The molecule has 2 atom stereocenters. The first-order valence-corrected chi connectivity index (χ1v) is 7.44. The molecule has 0 bridgehead atoms. The normalized spacial score (nSPS) is 36.4. The van der Waals surface area contributed by atoms with Gasteiger partial charge >= 0.3 is 0 Å². The van der Waals surface area contributed by atoms with Gasteiger partial charge in [-0.15, -0.1) is 0 Å². The molecule has 1 aliphatic heterocycles. The van der Waals surface area contributed by atoms with Crippen molar-refractivity contribution in [1.82, 2.24) is 10.2 Å². The number of hydrogen-bond acceptors (Lipinski definition) is 2. The molecule has 2 saturated carbocycles. The molecule has 0 aromatic heterocycles. The van der Waals surface area contributed by atoms with Gasteiger partial charge in [-0.05, 0) is 65.2 Å². The van der Waals surface area contributed by atoms with Crippen molar-refractivity contribution < 1.29 is 9.59 Å². The highest BCUT2D eigenvalue weighted by Crippen LogP contribution is 2.48. The number of hydrogen-bond donors (Lipinski definition) is 1. The Morgan fingerprint density at radius 2 is 1.79 bits per heavy atom. The topological polar surface area (TPSA) is 49.4 Å². The SMILES string of the molecule is CC1C(=O)NC(C)(C2CC2)C(=O)N1C(C)(C)C1CC1. The Morgan fingerprint density at radius 3 is 2.26 bits per heavy atom. The number of nitrogens with one attached hydrogen (secondary N) is 1. The molecule has 2 amide bonds. The standard InChI is InChI=1S/C15H24N2O2/c1-9-12(18)16-15(4,11-7-8-11)13(19)17(9)14(2,3)10-5-6-10/h9-11H,5-8H2,1-4H3,(H,16,18). The summed E-state index contributed by atoms with van der Waals surface area (Å²) in [5.74, 6) is 1.00. The quantitative estimate of drug-likeness (QED) is 0.843. The number of carbonyl (C=O) groups excluding carboxylic acids is 2. The van der Waals surface area contributed by atoms with Crippen molar-refractivity contribution in [2.24, 2.45) is 11.8 Å². The molecule has 1 N–H and O–H groups in total. The Morgan fingerprint density at radius 1 is 1.21 bits per heavy atom. The minimum Gasteiger partial charge on any atom is -0.340 e. The van der Waals surface area contributed by atoms with E-state index in [1.54, 1.807) is 0 Å². The number of rotatable bonds is 3. The van der Waals surface area contributed by atoms with E-state index in [0.29, 0.717) is 11.8 Å². The molecule has 1 heterocycles. The van der Waals surface area contributed by atoms with Crippen molar-refractivity contribution in [2.75, 3.05) is 0 Å². The van der Waals surface area contributed by atoms with E-state index >= 15 is 0 Å². The molecule has 4 nitrogen and oxygen atoms in total. The maximum Gasteiger partial charge on any atom is 0.249 e. The Labute approximate surface area is 114 Å². The van der Waals surface area contributed by atoms with Crippen molar-refractivity contribution in [2.45, 2.75) is 70.5 Å². The van der Waals surface area contributed by atoms with Crippen LogP contribution in [0.1, 0.15) is 53.4 Å². The van der Waals surface area contributed by atoms with Crippen LogP contribution in [0.15, 0.2) is 0 Å². The fraction of sp³-hybridized carbons (Fsp3) is 0.867. The predicted molar refractivity (Wildman–Crippen MR) is 72.4 cm³/mol. The third kappa shape index (κ3) is 1.79. The fourth-order valence-corrected chi connectivity index (χ4v) is 3.64. The van der Waals surface area contributed by atoms with Crippen molar-refractivity contribution in [3.63, 3.8) is 0 Å². The molecule has 2 unspecified atom stereocenters. The summed E-state index contributed by atoms with van der Waals surface area (Å²) < 4.78 is 0. The maximum atomic E-state index is 13.0. The zero-order valence-electron chi connectivity index (χ0n) is 12.3. The van der Waals surface area contributed by atoms with Crippen LogP contribution in [-0.4, -0.2) is 33.8 Å².